The number of halogens is 3. The molecule has 0 radical (unpaired) electrons. The number of carbonyl (C=O) groups excluding carboxylic acids is 2. The molecule has 1 aromatic carbocycles. The molecule has 0 unspecified atom stereocenters. The number of hydrogen-bond donors (Lipinski definition) is 2. The van der Waals surface area contributed by atoms with Gasteiger partial charge >= 0.3 is 6.18 Å². The van der Waals surface area contributed by atoms with E-state index in [4.69, 9.17) is 0 Å². The molecule has 0 aliphatic heterocycles. The van der Waals surface area contributed by atoms with Gasteiger partial charge in [0.2, 0.25) is 11.8 Å². The average Bonchev–Trinajstić information content (AvgIpc) is 2.39. The van der Waals surface area contributed by atoms with Crippen LogP contribution in [0.2, 0.25) is 0 Å². The van der Waals surface area contributed by atoms with E-state index < -0.39 is 25.3 Å². The first kappa shape index (κ1) is 17.0. The summed E-state index contributed by atoms with van der Waals surface area (Å²) in [5.74, 6) is -0.828. The molecule has 0 aliphatic rings. The van der Waals surface area contributed by atoms with E-state index in [1.165, 1.54) is 7.05 Å². The molecule has 8 heteroatoms. The number of carbonyl (C=O) groups is 2. The van der Waals surface area contributed by atoms with E-state index in [9.17, 15) is 22.8 Å². The SMILES string of the molecule is CNC(=O)Cc1ccc(NC(=O)COCC(F)(F)F)cc1. The van der Waals surface area contributed by atoms with Crippen LogP contribution in [0.4, 0.5) is 18.9 Å². The third-order valence-electron chi connectivity index (χ3n) is 2.38. The Morgan fingerprint density at radius 1 is 1.14 bits per heavy atom. The summed E-state index contributed by atoms with van der Waals surface area (Å²) in [6, 6.07) is 6.39. The molecule has 0 atom stereocenters. The van der Waals surface area contributed by atoms with Crippen molar-refractivity contribution < 1.29 is 27.5 Å². The van der Waals surface area contributed by atoms with Crippen molar-refractivity contribution in [1.82, 2.24) is 5.32 Å². The van der Waals surface area contributed by atoms with Gasteiger partial charge in [0.05, 0.1) is 6.42 Å². The van der Waals surface area contributed by atoms with Crippen LogP contribution in [-0.2, 0) is 20.7 Å². The summed E-state index contributed by atoms with van der Waals surface area (Å²) in [6.45, 7) is -2.15. The molecule has 0 saturated carbocycles. The molecular formula is C13H15F3N2O3. The van der Waals surface area contributed by atoms with Crippen LogP contribution in [0.25, 0.3) is 0 Å². The van der Waals surface area contributed by atoms with Crippen molar-refractivity contribution >= 4 is 17.5 Å². The molecule has 21 heavy (non-hydrogen) atoms. The summed E-state index contributed by atoms with van der Waals surface area (Å²) < 4.78 is 39.7. The first-order valence-electron chi connectivity index (χ1n) is 6.04. The van der Waals surface area contributed by atoms with Crippen LogP contribution in [0.5, 0.6) is 0 Å². The Kier molecular flexibility index (Phi) is 6.16. The first-order valence-corrected chi connectivity index (χ1v) is 6.04. The molecular weight excluding hydrogens is 289 g/mol. The zero-order valence-electron chi connectivity index (χ0n) is 11.3. The molecule has 0 heterocycles. The second kappa shape index (κ2) is 7.63. The Bertz CT molecular complexity index is 486. The highest BCUT2D eigenvalue weighted by atomic mass is 19.4. The standard InChI is InChI=1S/C13H15F3N2O3/c1-17-11(19)6-9-2-4-10(5-3-9)18-12(20)7-21-8-13(14,15)16/h2-5H,6-8H2,1H3,(H,17,19)(H,18,20). The van der Waals surface area contributed by atoms with Gasteiger partial charge < -0.3 is 15.4 Å². The van der Waals surface area contributed by atoms with Gasteiger partial charge in [0.25, 0.3) is 0 Å². The minimum atomic E-state index is -4.46. The lowest BCUT2D eigenvalue weighted by Crippen LogP contribution is -2.24. The fourth-order valence-electron chi connectivity index (χ4n) is 1.44. The molecule has 0 spiro atoms. The summed E-state index contributed by atoms with van der Waals surface area (Å²) in [5.41, 5.74) is 1.16. The van der Waals surface area contributed by atoms with E-state index >= 15 is 0 Å². The van der Waals surface area contributed by atoms with Crippen LogP contribution < -0.4 is 10.6 Å². The highest BCUT2D eigenvalue weighted by molar-refractivity contribution is 5.91. The van der Waals surface area contributed by atoms with Crippen LogP contribution in [0.15, 0.2) is 24.3 Å². The third-order valence-corrected chi connectivity index (χ3v) is 2.38. The fourth-order valence-corrected chi connectivity index (χ4v) is 1.44. The van der Waals surface area contributed by atoms with Crippen molar-refractivity contribution in [3.63, 3.8) is 0 Å². The van der Waals surface area contributed by atoms with Crippen molar-refractivity contribution in [3.05, 3.63) is 29.8 Å². The topological polar surface area (TPSA) is 67.4 Å². The molecule has 1 aromatic rings. The summed E-state index contributed by atoms with van der Waals surface area (Å²) in [4.78, 5) is 22.5. The molecule has 0 saturated heterocycles. The maximum atomic E-state index is 11.8. The number of alkyl halides is 3. The molecule has 0 bridgehead atoms. The van der Waals surface area contributed by atoms with Crippen molar-refractivity contribution in [2.45, 2.75) is 12.6 Å². The van der Waals surface area contributed by atoms with Crippen LogP contribution in [0, 0.1) is 0 Å². The molecule has 2 amide bonds. The van der Waals surface area contributed by atoms with Crippen LogP contribution in [0.3, 0.4) is 0 Å². The van der Waals surface area contributed by atoms with Gasteiger partial charge in [0.1, 0.15) is 13.2 Å². The van der Waals surface area contributed by atoms with E-state index in [2.05, 4.69) is 15.4 Å². The number of nitrogens with one attached hydrogen (secondary N) is 2. The van der Waals surface area contributed by atoms with Crippen LogP contribution in [-0.4, -0.2) is 38.3 Å². The highest BCUT2D eigenvalue weighted by Crippen LogP contribution is 2.14. The third kappa shape index (κ3) is 7.31. The van der Waals surface area contributed by atoms with Crippen molar-refractivity contribution in [1.29, 1.82) is 0 Å². The van der Waals surface area contributed by atoms with Crippen LogP contribution in [0.1, 0.15) is 5.56 Å². The summed E-state index contributed by atoms with van der Waals surface area (Å²) in [5, 5.41) is 4.87. The van der Waals surface area contributed by atoms with Gasteiger partial charge in [-0.05, 0) is 17.7 Å². The summed E-state index contributed by atoms with van der Waals surface area (Å²) in [6.07, 6.45) is -4.25. The fraction of sp³-hybridized carbons (Fsp3) is 0.385. The summed E-state index contributed by atoms with van der Waals surface area (Å²) in [7, 11) is 1.53. The predicted molar refractivity (Wildman–Crippen MR) is 69.7 cm³/mol. The Hall–Kier alpha value is -2.09. The zero-order valence-corrected chi connectivity index (χ0v) is 11.3. The minimum absolute atomic E-state index is 0.146. The number of amides is 2. The van der Waals surface area contributed by atoms with Crippen molar-refractivity contribution in [3.8, 4) is 0 Å². The number of anilines is 1. The van der Waals surface area contributed by atoms with Gasteiger partial charge in [-0.15, -0.1) is 0 Å². The van der Waals surface area contributed by atoms with Gasteiger partial charge in [0.15, 0.2) is 0 Å². The number of benzene rings is 1. The molecule has 116 valence electrons. The van der Waals surface area contributed by atoms with Gasteiger partial charge in [-0.1, -0.05) is 12.1 Å². The molecule has 0 aliphatic carbocycles. The molecule has 0 aromatic heterocycles. The summed E-state index contributed by atoms with van der Waals surface area (Å²) >= 11 is 0. The van der Waals surface area contributed by atoms with Gasteiger partial charge in [-0.25, -0.2) is 0 Å². The van der Waals surface area contributed by atoms with E-state index in [0.29, 0.717) is 5.69 Å². The lowest BCUT2D eigenvalue weighted by Gasteiger charge is -2.09. The van der Waals surface area contributed by atoms with Crippen molar-refractivity contribution in [2.24, 2.45) is 0 Å². The maximum Gasteiger partial charge on any atom is 0.411 e. The van der Waals surface area contributed by atoms with E-state index in [1.807, 2.05) is 0 Å². The Balaban J connectivity index is 2.41. The van der Waals surface area contributed by atoms with Gasteiger partial charge in [-0.3, -0.25) is 9.59 Å². The number of ether oxygens (including phenoxy) is 1. The average molecular weight is 304 g/mol. The number of likely N-dealkylation sites (N-methyl/N-ethyl adjacent to an activating group) is 1. The molecule has 5 nitrogen and oxygen atoms in total. The van der Waals surface area contributed by atoms with Gasteiger partial charge in [0, 0.05) is 12.7 Å². The second-order valence-electron chi connectivity index (χ2n) is 4.20. The lowest BCUT2D eigenvalue weighted by atomic mass is 10.1. The van der Waals surface area contributed by atoms with E-state index in [0.717, 1.165) is 5.56 Å². The minimum Gasteiger partial charge on any atom is -0.362 e. The number of rotatable bonds is 6. The largest absolute Gasteiger partial charge is 0.411 e. The lowest BCUT2D eigenvalue weighted by molar-refractivity contribution is -0.174. The first-order chi connectivity index (χ1) is 9.80. The normalized spacial score (nSPS) is 11.0. The maximum absolute atomic E-state index is 11.8. The molecule has 1 rings (SSSR count). The monoisotopic (exact) mass is 304 g/mol. The van der Waals surface area contributed by atoms with Gasteiger partial charge in [-0.2, -0.15) is 13.2 Å². The Labute approximate surface area is 119 Å². The predicted octanol–water partition coefficient (Wildman–Crippen LogP) is 1.49. The van der Waals surface area contributed by atoms with Crippen molar-refractivity contribution in [2.75, 3.05) is 25.6 Å². The number of hydrogen-bond acceptors (Lipinski definition) is 3. The zero-order chi connectivity index (χ0) is 15.9. The molecule has 0 fully saturated rings. The second-order valence-corrected chi connectivity index (χ2v) is 4.20. The Morgan fingerprint density at radius 3 is 2.29 bits per heavy atom. The quantitative estimate of drug-likeness (QED) is 0.837. The van der Waals surface area contributed by atoms with E-state index in [1.54, 1.807) is 24.3 Å². The Morgan fingerprint density at radius 2 is 1.76 bits per heavy atom. The smallest absolute Gasteiger partial charge is 0.362 e. The van der Waals surface area contributed by atoms with E-state index in [-0.39, 0.29) is 12.3 Å². The molecule has 2 N–H and O–H groups in total. The van der Waals surface area contributed by atoms with Crippen LogP contribution >= 0.6 is 0 Å². The highest BCUT2D eigenvalue weighted by Gasteiger charge is 2.27.